The summed E-state index contributed by atoms with van der Waals surface area (Å²) in [5.41, 5.74) is 6.96. The van der Waals surface area contributed by atoms with Crippen LogP contribution in [0.2, 0.25) is 0 Å². The quantitative estimate of drug-likeness (QED) is 0.576. The number of hydrazine groups is 1. The van der Waals surface area contributed by atoms with E-state index in [1.165, 1.54) is 16.7 Å². The Kier molecular flexibility index (Phi) is 6.33. The molecule has 0 aromatic heterocycles. The van der Waals surface area contributed by atoms with E-state index < -0.39 is 0 Å². The first-order chi connectivity index (χ1) is 8.63. The first-order valence-electron chi connectivity index (χ1n) is 6.88. The van der Waals surface area contributed by atoms with Crippen LogP contribution in [0.1, 0.15) is 43.0 Å². The summed E-state index contributed by atoms with van der Waals surface area (Å²) < 4.78 is 0. The van der Waals surface area contributed by atoms with E-state index in [0.29, 0.717) is 0 Å². The molecule has 3 N–H and O–H groups in total. The average Bonchev–Trinajstić information content (AvgIpc) is 2.39. The SMILES string of the molecule is CCN(CC)CCC(NN)c1cccc(C)c1C. The number of hydrogen-bond acceptors (Lipinski definition) is 3. The van der Waals surface area contributed by atoms with Gasteiger partial charge in [0.1, 0.15) is 0 Å². The highest BCUT2D eigenvalue weighted by Crippen LogP contribution is 2.22. The van der Waals surface area contributed by atoms with Gasteiger partial charge in [-0.1, -0.05) is 32.0 Å². The second-order valence-electron chi connectivity index (χ2n) is 4.82. The Morgan fingerprint density at radius 2 is 1.89 bits per heavy atom. The van der Waals surface area contributed by atoms with Crippen molar-refractivity contribution in [2.24, 2.45) is 5.84 Å². The molecule has 1 rings (SSSR count). The summed E-state index contributed by atoms with van der Waals surface area (Å²) in [6, 6.07) is 6.68. The van der Waals surface area contributed by atoms with Crippen molar-refractivity contribution in [2.75, 3.05) is 19.6 Å². The van der Waals surface area contributed by atoms with Gasteiger partial charge in [0.25, 0.3) is 0 Å². The fourth-order valence-electron chi connectivity index (χ4n) is 2.33. The number of rotatable bonds is 7. The summed E-state index contributed by atoms with van der Waals surface area (Å²) in [4.78, 5) is 2.43. The molecule has 18 heavy (non-hydrogen) atoms. The van der Waals surface area contributed by atoms with Gasteiger partial charge in [0.05, 0.1) is 0 Å². The molecule has 0 amide bonds. The molecule has 102 valence electrons. The third-order valence-electron chi connectivity index (χ3n) is 3.85. The van der Waals surface area contributed by atoms with Crippen LogP contribution in [0.4, 0.5) is 0 Å². The molecule has 1 aromatic carbocycles. The molecule has 0 radical (unpaired) electrons. The Morgan fingerprint density at radius 3 is 2.44 bits per heavy atom. The summed E-state index contributed by atoms with van der Waals surface area (Å²) in [5.74, 6) is 5.72. The average molecular weight is 249 g/mol. The molecule has 0 aliphatic heterocycles. The van der Waals surface area contributed by atoms with E-state index in [1.54, 1.807) is 0 Å². The van der Waals surface area contributed by atoms with Crippen LogP contribution in [-0.2, 0) is 0 Å². The standard InChI is InChI=1S/C15H27N3/c1-5-18(6-2)11-10-15(17-16)14-9-7-8-12(3)13(14)4/h7-9,15,17H,5-6,10-11,16H2,1-4H3. The number of hydrogen-bond donors (Lipinski definition) is 2. The monoisotopic (exact) mass is 249 g/mol. The highest BCUT2D eigenvalue weighted by atomic mass is 15.2. The van der Waals surface area contributed by atoms with Gasteiger partial charge in [0.2, 0.25) is 0 Å². The van der Waals surface area contributed by atoms with Gasteiger partial charge in [-0.05, 0) is 56.6 Å². The summed E-state index contributed by atoms with van der Waals surface area (Å²) in [7, 11) is 0. The molecule has 0 spiro atoms. The van der Waals surface area contributed by atoms with Gasteiger partial charge in [-0.15, -0.1) is 0 Å². The Bertz CT molecular complexity index is 359. The number of nitrogens with one attached hydrogen (secondary N) is 1. The smallest absolute Gasteiger partial charge is 0.0474 e. The van der Waals surface area contributed by atoms with Crippen molar-refractivity contribution in [3.8, 4) is 0 Å². The van der Waals surface area contributed by atoms with Crippen LogP contribution in [0.3, 0.4) is 0 Å². The normalized spacial score (nSPS) is 13.0. The number of nitrogens with two attached hydrogens (primary N) is 1. The molecule has 0 aliphatic carbocycles. The van der Waals surface area contributed by atoms with E-state index in [2.05, 4.69) is 56.2 Å². The van der Waals surface area contributed by atoms with E-state index >= 15 is 0 Å². The van der Waals surface area contributed by atoms with Gasteiger partial charge < -0.3 is 4.90 Å². The zero-order valence-corrected chi connectivity index (χ0v) is 12.2. The van der Waals surface area contributed by atoms with E-state index in [9.17, 15) is 0 Å². The van der Waals surface area contributed by atoms with Gasteiger partial charge in [0, 0.05) is 6.04 Å². The van der Waals surface area contributed by atoms with Crippen molar-refractivity contribution in [2.45, 2.75) is 40.2 Å². The zero-order valence-electron chi connectivity index (χ0n) is 12.2. The van der Waals surface area contributed by atoms with Crippen LogP contribution in [0.5, 0.6) is 0 Å². The highest BCUT2D eigenvalue weighted by molar-refractivity contribution is 5.35. The van der Waals surface area contributed by atoms with Gasteiger partial charge in [-0.3, -0.25) is 11.3 Å². The predicted octanol–water partition coefficient (Wildman–Crippen LogP) is 2.54. The third kappa shape index (κ3) is 3.80. The minimum atomic E-state index is 0.241. The van der Waals surface area contributed by atoms with Crippen molar-refractivity contribution < 1.29 is 0 Å². The Morgan fingerprint density at radius 1 is 1.22 bits per heavy atom. The summed E-state index contributed by atoms with van der Waals surface area (Å²) in [5, 5.41) is 0. The van der Waals surface area contributed by atoms with Crippen molar-refractivity contribution in [3.63, 3.8) is 0 Å². The van der Waals surface area contributed by atoms with Crippen LogP contribution in [0.25, 0.3) is 0 Å². The molecule has 3 heteroatoms. The third-order valence-corrected chi connectivity index (χ3v) is 3.85. The Balaban J connectivity index is 2.74. The maximum atomic E-state index is 5.72. The highest BCUT2D eigenvalue weighted by Gasteiger charge is 2.14. The molecule has 0 fully saturated rings. The molecule has 0 heterocycles. The first-order valence-corrected chi connectivity index (χ1v) is 6.88. The maximum absolute atomic E-state index is 5.72. The minimum Gasteiger partial charge on any atom is -0.304 e. The number of aryl methyl sites for hydroxylation is 1. The van der Waals surface area contributed by atoms with Crippen molar-refractivity contribution in [1.29, 1.82) is 0 Å². The second kappa shape index (κ2) is 7.52. The summed E-state index contributed by atoms with van der Waals surface area (Å²) >= 11 is 0. The van der Waals surface area contributed by atoms with Crippen molar-refractivity contribution in [1.82, 2.24) is 10.3 Å². The maximum Gasteiger partial charge on any atom is 0.0474 e. The van der Waals surface area contributed by atoms with Crippen molar-refractivity contribution in [3.05, 3.63) is 34.9 Å². The fourth-order valence-corrected chi connectivity index (χ4v) is 2.33. The Labute approximate surface area is 111 Å². The molecule has 0 bridgehead atoms. The van der Waals surface area contributed by atoms with Crippen LogP contribution < -0.4 is 11.3 Å². The van der Waals surface area contributed by atoms with E-state index in [-0.39, 0.29) is 6.04 Å². The molecule has 1 atom stereocenters. The van der Waals surface area contributed by atoms with Crippen molar-refractivity contribution >= 4 is 0 Å². The fraction of sp³-hybridized carbons (Fsp3) is 0.600. The van der Waals surface area contributed by atoms with Gasteiger partial charge >= 0.3 is 0 Å². The first kappa shape index (κ1) is 15.2. The molecule has 0 saturated carbocycles. The largest absolute Gasteiger partial charge is 0.304 e. The molecular weight excluding hydrogens is 222 g/mol. The topological polar surface area (TPSA) is 41.3 Å². The lowest BCUT2D eigenvalue weighted by molar-refractivity contribution is 0.282. The Hall–Kier alpha value is -0.900. The van der Waals surface area contributed by atoms with Crippen LogP contribution in [-0.4, -0.2) is 24.5 Å². The summed E-state index contributed by atoms with van der Waals surface area (Å²) in [6.45, 7) is 12.0. The van der Waals surface area contributed by atoms with Crippen LogP contribution in [0, 0.1) is 13.8 Å². The minimum absolute atomic E-state index is 0.241. The van der Waals surface area contributed by atoms with Gasteiger partial charge in [-0.25, -0.2) is 0 Å². The second-order valence-corrected chi connectivity index (χ2v) is 4.82. The molecule has 1 unspecified atom stereocenters. The molecular formula is C15H27N3. The number of benzene rings is 1. The van der Waals surface area contributed by atoms with Crippen LogP contribution in [0.15, 0.2) is 18.2 Å². The molecule has 0 saturated heterocycles. The molecule has 3 nitrogen and oxygen atoms in total. The van der Waals surface area contributed by atoms with E-state index in [0.717, 1.165) is 26.1 Å². The zero-order chi connectivity index (χ0) is 13.5. The lowest BCUT2D eigenvalue weighted by Gasteiger charge is -2.24. The van der Waals surface area contributed by atoms with Gasteiger partial charge in [0.15, 0.2) is 0 Å². The van der Waals surface area contributed by atoms with Gasteiger partial charge in [-0.2, -0.15) is 0 Å². The molecule has 0 aliphatic rings. The van der Waals surface area contributed by atoms with E-state index in [4.69, 9.17) is 5.84 Å². The summed E-state index contributed by atoms with van der Waals surface area (Å²) in [6.07, 6.45) is 1.04. The number of nitrogens with zero attached hydrogens (tertiary/aromatic N) is 1. The lowest BCUT2D eigenvalue weighted by atomic mass is 9.96. The van der Waals surface area contributed by atoms with E-state index in [1.807, 2.05) is 0 Å². The van der Waals surface area contributed by atoms with Crippen LogP contribution >= 0.6 is 0 Å². The predicted molar refractivity (Wildman–Crippen MR) is 78.4 cm³/mol. The molecule has 1 aromatic rings. The lowest BCUT2D eigenvalue weighted by Crippen LogP contribution is -2.33.